The van der Waals surface area contributed by atoms with Crippen LogP contribution in [0.1, 0.15) is 38.0 Å². The third-order valence-corrected chi connectivity index (χ3v) is 7.73. The van der Waals surface area contributed by atoms with Crippen LogP contribution in [0.4, 0.5) is 5.00 Å². The van der Waals surface area contributed by atoms with Crippen LogP contribution in [0.2, 0.25) is 5.02 Å². The van der Waals surface area contributed by atoms with Gasteiger partial charge in [-0.1, -0.05) is 41.9 Å². The average Bonchev–Trinajstić information content (AvgIpc) is 3.10. The zero-order valence-electron chi connectivity index (χ0n) is 19.1. The molecule has 174 valence electrons. The largest absolute Gasteiger partial charge is 0.395 e. The second kappa shape index (κ2) is 10.8. The molecule has 4 rings (SSSR count). The summed E-state index contributed by atoms with van der Waals surface area (Å²) in [5, 5.41) is 14.1. The summed E-state index contributed by atoms with van der Waals surface area (Å²) < 4.78 is 0. The van der Waals surface area contributed by atoms with Crippen LogP contribution in [0.25, 0.3) is 0 Å². The molecule has 0 saturated carbocycles. The van der Waals surface area contributed by atoms with Crippen molar-refractivity contribution in [2.45, 2.75) is 19.9 Å². The number of benzene rings is 2. The van der Waals surface area contributed by atoms with Crippen molar-refractivity contribution in [3.8, 4) is 0 Å². The van der Waals surface area contributed by atoms with E-state index in [2.05, 4.69) is 41.1 Å². The third kappa shape index (κ3) is 5.48. The van der Waals surface area contributed by atoms with E-state index in [-0.39, 0.29) is 18.6 Å². The van der Waals surface area contributed by atoms with Gasteiger partial charge in [0.05, 0.1) is 12.6 Å². The molecule has 2 heterocycles. The summed E-state index contributed by atoms with van der Waals surface area (Å²) in [5.74, 6) is -0.0966. The highest BCUT2D eigenvalue weighted by Crippen LogP contribution is 2.42. The Morgan fingerprint density at radius 2 is 1.73 bits per heavy atom. The van der Waals surface area contributed by atoms with Gasteiger partial charge in [0.25, 0.3) is 5.91 Å². The highest BCUT2D eigenvalue weighted by atomic mass is 35.5. The van der Waals surface area contributed by atoms with Gasteiger partial charge in [-0.25, -0.2) is 0 Å². The molecule has 0 radical (unpaired) electrons. The Labute approximate surface area is 204 Å². The predicted molar refractivity (Wildman–Crippen MR) is 137 cm³/mol. The third-order valence-electron chi connectivity index (χ3n) is 6.34. The van der Waals surface area contributed by atoms with Crippen molar-refractivity contribution in [3.05, 3.63) is 86.8 Å². The molecule has 1 amide bonds. The molecule has 1 atom stereocenters. The van der Waals surface area contributed by atoms with E-state index in [1.54, 1.807) is 11.3 Å². The molecule has 7 heteroatoms. The second-order valence-corrected chi connectivity index (χ2v) is 10.1. The van der Waals surface area contributed by atoms with Gasteiger partial charge in [0.1, 0.15) is 5.00 Å². The van der Waals surface area contributed by atoms with Gasteiger partial charge in [0.2, 0.25) is 0 Å². The first kappa shape index (κ1) is 23.9. The van der Waals surface area contributed by atoms with Crippen LogP contribution in [-0.2, 0) is 0 Å². The molecule has 0 bridgehead atoms. The number of nitrogens with one attached hydrogen (secondary N) is 1. The number of carbonyl (C=O) groups is 1. The van der Waals surface area contributed by atoms with Gasteiger partial charge >= 0.3 is 0 Å². The zero-order chi connectivity index (χ0) is 23.4. The maximum Gasteiger partial charge on any atom is 0.256 e. The normalized spacial score (nSPS) is 16.0. The van der Waals surface area contributed by atoms with E-state index in [1.165, 1.54) is 10.4 Å². The fourth-order valence-electron chi connectivity index (χ4n) is 4.42. The minimum Gasteiger partial charge on any atom is -0.395 e. The molecule has 1 aromatic heterocycles. The van der Waals surface area contributed by atoms with Gasteiger partial charge in [0, 0.05) is 53.8 Å². The van der Waals surface area contributed by atoms with E-state index in [0.717, 1.165) is 42.3 Å². The molecule has 2 aromatic carbocycles. The summed E-state index contributed by atoms with van der Waals surface area (Å²) in [4.78, 5) is 19.0. The van der Waals surface area contributed by atoms with E-state index < -0.39 is 0 Å². The number of thiophene rings is 1. The van der Waals surface area contributed by atoms with E-state index in [4.69, 9.17) is 11.6 Å². The Kier molecular flexibility index (Phi) is 7.83. The lowest BCUT2D eigenvalue weighted by Crippen LogP contribution is -2.48. The van der Waals surface area contributed by atoms with Crippen molar-refractivity contribution in [3.63, 3.8) is 0 Å². The van der Waals surface area contributed by atoms with Crippen LogP contribution >= 0.6 is 22.9 Å². The minimum atomic E-state index is -0.0966. The SMILES string of the molecule is Cc1sc(NC(=O)c2ccccc2)c([C@@H](c2ccc(Cl)cc2)N2CCN(CCO)CC2)c1C. The molecular formula is C26H30ClN3O2S. The van der Waals surface area contributed by atoms with E-state index >= 15 is 0 Å². The molecule has 0 aliphatic carbocycles. The second-order valence-electron chi connectivity index (χ2n) is 8.40. The van der Waals surface area contributed by atoms with E-state index in [9.17, 15) is 9.90 Å². The van der Waals surface area contributed by atoms with Crippen LogP contribution in [0.3, 0.4) is 0 Å². The molecule has 0 unspecified atom stereocenters. The number of β-amino-alcohol motifs (C(OH)–C–C–N with tert-alkyl or cyclic N) is 1. The van der Waals surface area contributed by atoms with Crippen molar-refractivity contribution >= 4 is 33.8 Å². The Morgan fingerprint density at radius 1 is 1.06 bits per heavy atom. The lowest BCUT2D eigenvalue weighted by Gasteiger charge is -2.40. The molecule has 2 N–H and O–H groups in total. The average molecular weight is 484 g/mol. The lowest BCUT2D eigenvalue weighted by atomic mass is 9.94. The number of hydrogen-bond donors (Lipinski definition) is 2. The number of rotatable bonds is 7. The van der Waals surface area contributed by atoms with Crippen LogP contribution in [0.5, 0.6) is 0 Å². The number of aliphatic hydroxyl groups is 1. The van der Waals surface area contributed by atoms with E-state index in [0.29, 0.717) is 17.1 Å². The van der Waals surface area contributed by atoms with Gasteiger partial charge in [-0.3, -0.25) is 14.6 Å². The fraction of sp³-hybridized carbons (Fsp3) is 0.346. The lowest BCUT2D eigenvalue weighted by molar-refractivity contribution is 0.0944. The molecule has 33 heavy (non-hydrogen) atoms. The number of nitrogens with zero attached hydrogens (tertiary/aromatic N) is 2. The van der Waals surface area contributed by atoms with Crippen molar-refractivity contribution < 1.29 is 9.90 Å². The standard InChI is InChI=1S/C26H30ClN3O2S/c1-18-19(2)33-26(28-25(32)21-6-4-3-5-7-21)23(18)24(20-8-10-22(27)11-9-20)30-14-12-29(13-15-30)16-17-31/h3-11,24,31H,12-17H2,1-2H3,(H,28,32)/t24-/m1/s1. The van der Waals surface area contributed by atoms with Crippen molar-refractivity contribution in [1.82, 2.24) is 9.80 Å². The zero-order valence-corrected chi connectivity index (χ0v) is 20.6. The number of amides is 1. The van der Waals surface area contributed by atoms with Gasteiger partial charge in [-0.15, -0.1) is 11.3 Å². The predicted octanol–water partition coefficient (Wildman–Crippen LogP) is 4.97. The molecule has 1 saturated heterocycles. The number of aliphatic hydroxyl groups excluding tert-OH is 1. The molecule has 5 nitrogen and oxygen atoms in total. The number of aryl methyl sites for hydroxylation is 1. The summed E-state index contributed by atoms with van der Waals surface area (Å²) >= 11 is 7.84. The van der Waals surface area contributed by atoms with Gasteiger partial charge in [-0.2, -0.15) is 0 Å². The molecule has 1 aliphatic rings. The number of anilines is 1. The quantitative estimate of drug-likeness (QED) is 0.498. The molecular weight excluding hydrogens is 454 g/mol. The van der Waals surface area contributed by atoms with Crippen molar-refractivity contribution in [1.29, 1.82) is 0 Å². The smallest absolute Gasteiger partial charge is 0.256 e. The first-order valence-electron chi connectivity index (χ1n) is 11.3. The summed E-state index contributed by atoms with van der Waals surface area (Å²) in [6.45, 7) is 8.70. The fourth-order valence-corrected chi connectivity index (χ4v) is 5.64. The Bertz CT molecular complexity index is 1080. The van der Waals surface area contributed by atoms with Gasteiger partial charge in [0.15, 0.2) is 0 Å². The van der Waals surface area contributed by atoms with Crippen molar-refractivity contribution in [2.24, 2.45) is 0 Å². The highest BCUT2D eigenvalue weighted by molar-refractivity contribution is 7.16. The number of hydrogen-bond acceptors (Lipinski definition) is 5. The summed E-state index contributed by atoms with van der Waals surface area (Å²) in [5.41, 5.74) is 4.17. The van der Waals surface area contributed by atoms with Crippen molar-refractivity contribution in [2.75, 3.05) is 44.6 Å². The minimum absolute atomic E-state index is 0.00886. The maximum atomic E-state index is 13.0. The van der Waals surface area contributed by atoms with Gasteiger partial charge < -0.3 is 10.4 Å². The topological polar surface area (TPSA) is 55.8 Å². The summed E-state index contributed by atoms with van der Waals surface area (Å²) in [6.07, 6.45) is 0. The number of piperazine rings is 1. The Balaban J connectivity index is 1.71. The van der Waals surface area contributed by atoms with E-state index in [1.807, 2.05) is 42.5 Å². The Hall–Kier alpha value is -2.22. The number of halogens is 1. The molecule has 1 fully saturated rings. The maximum absolute atomic E-state index is 13.0. The van der Waals surface area contributed by atoms with Crippen LogP contribution in [-0.4, -0.2) is 60.1 Å². The monoisotopic (exact) mass is 483 g/mol. The molecule has 0 spiro atoms. The summed E-state index contributed by atoms with van der Waals surface area (Å²) in [7, 11) is 0. The van der Waals surface area contributed by atoms with Crippen LogP contribution in [0, 0.1) is 13.8 Å². The first-order chi connectivity index (χ1) is 16.0. The molecule has 3 aromatic rings. The van der Waals surface area contributed by atoms with Crippen LogP contribution in [0.15, 0.2) is 54.6 Å². The Morgan fingerprint density at radius 3 is 2.36 bits per heavy atom. The van der Waals surface area contributed by atoms with Gasteiger partial charge in [-0.05, 0) is 49.2 Å². The highest BCUT2D eigenvalue weighted by Gasteiger charge is 2.31. The number of carbonyl (C=O) groups excluding carboxylic acids is 1. The van der Waals surface area contributed by atoms with Crippen LogP contribution < -0.4 is 5.32 Å². The summed E-state index contributed by atoms with van der Waals surface area (Å²) in [6, 6.07) is 17.4. The molecule has 1 aliphatic heterocycles. The first-order valence-corrected chi connectivity index (χ1v) is 12.5.